The zero-order valence-electron chi connectivity index (χ0n) is 20.6. The first kappa shape index (κ1) is 26.3. The molecule has 0 aromatic carbocycles. The minimum atomic E-state index is -1.21. The molecular weight excluding hydrogens is 438 g/mol. The van der Waals surface area contributed by atoms with Gasteiger partial charge >= 0.3 is 5.97 Å². The molecule has 2 N–H and O–H groups in total. The van der Waals surface area contributed by atoms with Crippen molar-refractivity contribution in [3.8, 4) is 0 Å². The lowest BCUT2D eigenvalue weighted by Gasteiger charge is -2.17. The molecule has 0 unspecified atom stereocenters. The van der Waals surface area contributed by atoms with E-state index in [2.05, 4.69) is 21.9 Å². The molecule has 0 radical (unpaired) electrons. The third-order valence-corrected chi connectivity index (χ3v) is 6.27. The van der Waals surface area contributed by atoms with Crippen LogP contribution in [0, 0.1) is 0 Å². The maximum atomic E-state index is 12.1. The Balaban J connectivity index is 1.43. The molecule has 1 aliphatic rings. The third kappa shape index (κ3) is 6.64. The smallest absolute Gasteiger partial charge is 0.305 e. The van der Waals surface area contributed by atoms with Gasteiger partial charge in [0.2, 0.25) is 0 Å². The van der Waals surface area contributed by atoms with E-state index in [-0.39, 0.29) is 12.6 Å². The van der Waals surface area contributed by atoms with Gasteiger partial charge in [0.05, 0.1) is 6.33 Å². The van der Waals surface area contributed by atoms with Crippen LogP contribution >= 0.6 is 0 Å². The largest absolute Gasteiger partial charge is 0.463 e. The zero-order valence-corrected chi connectivity index (χ0v) is 20.6. The Morgan fingerprint density at radius 2 is 1.71 bits per heavy atom. The van der Waals surface area contributed by atoms with Crippen LogP contribution in [0.1, 0.15) is 77.4 Å². The number of rotatable bonds is 14. The van der Waals surface area contributed by atoms with Gasteiger partial charge < -0.3 is 24.6 Å². The summed E-state index contributed by atoms with van der Waals surface area (Å²) in [5.41, 5.74) is 1.05. The van der Waals surface area contributed by atoms with E-state index in [4.69, 9.17) is 9.47 Å². The van der Waals surface area contributed by atoms with Gasteiger partial charge in [-0.1, -0.05) is 58.3 Å². The monoisotopic (exact) mass is 477 g/mol. The highest BCUT2D eigenvalue weighted by Crippen LogP contribution is 2.32. The van der Waals surface area contributed by atoms with E-state index in [9.17, 15) is 15.0 Å². The van der Waals surface area contributed by atoms with E-state index in [1.165, 1.54) is 51.2 Å². The molecule has 10 heteroatoms. The van der Waals surface area contributed by atoms with Crippen LogP contribution in [0.5, 0.6) is 0 Å². The molecule has 0 amide bonds. The predicted molar refractivity (Wildman–Crippen MR) is 128 cm³/mol. The molecule has 2 aromatic heterocycles. The quantitative estimate of drug-likeness (QED) is 0.312. The Morgan fingerprint density at radius 1 is 1.03 bits per heavy atom. The Morgan fingerprint density at radius 3 is 2.38 bits per heavy atom. The summed E-state index contributed by atoms with van der Waals surface area (Å²) < 4.78 is 12.8. The molecular formula is C24H39N5O5. The number of nitrogens with zero attached hydrogens (tertiary/aromatic N) is 5. The summed E-state index contributed by atoms with van der Waals surface area (Å²) in [7, 11) is 3.70. The molecule has 10 nitrogen and oxygen atoms in total. The van der Waals surface area contributed by atoms with Crippen molar-refractivity contribution in [1.29, 1.82) is 0 Å². The molecule has 0 saturated carbocycles. The van der Waals surface area contributed by atoms with Crippen molar-refractivity contribution < 1.29 is 24.5 Å². The summed E-state index contributed by atoms with van der Waals surface area (Å²) in [6, 6.07) is 0. The number of anilines is 1. The second-order valence-corrected chi connectivity index (χ2v) is 9.22. The first-order valence-corrected chi connectivity index (χ1v) is 12.5. The molecule has 1 saturated heterocycles. The lowest BCUT2D eigenvalue weighted by Crippen LogP contribution is -2.34. The molecule has 1 aliphatic heterocycles. The van der Waals surface area contributed by atoms with E-state index < -0.39 is 24.5 Å². The highest BCUT2D eigenvalue weighted by atomic mass is 16.6. The molecule has 0 bridgehead atoms. The van der Waals surface area contributed by atoms with Crippen molar-refractivity contribution >= 4 is 23.0 Å². The second-order valence-electron chi connectivity index (χ2n) is 9.22. The summed E-state index contributed by atoms with van der Waals surface area (Å²) in [4.78, 5) is 26.8. The number of fused-ring (bicyclic) bond motifs is 1. The molecule has 4 atom stereocenters. The van der Waals surface area contributed by atoms with E-state index in [1.54, 1.807) is 4.57 Å². The number of aliphatic hydroxyl groups is 2. The molecule has 190 valence electrons. The Hall–Kier alpha value is -2.30. The average Bonchev–Trinajstić information content (AvgIpc) is 3.37. The van der Waals surface area contributed by atoms with Crippen LogP contribution < -0.4 is 4.90 Å². The first-order chi connectivity index (χ1) is 16.4. The highest BCUT2D eigenvalue weighted by molar-refractivity contribution is 5.83. The number of aromatic nitrogens is 4. The van der Waals surface area contributed by atoms with Crippen molar-refractivity contribution in [1.82, 2.24) is 19.5 Å². The fourth-order valence-electron chi connectivity index (χ4n) is 4.28. The van der Waals surface area contributed by atoms with Gasteiger partial charge in [-0.15, -0.1) is 0 Å². The van der Waals surface area contributed by atoms with Crippen LogP contribution in [0.15, 0.2) is 12.7 Å². The minimum Gasteiger partial charge on any atom is -0.463 e. The number of hydrogen-bond acceptors (Lipinski definition) is 9. The van der Waals surface area contributed by atoms with Gasteiger partial charge in [0.1, 0.15) is 31.2 Å². The SMILES string of the molecule is CCCCCCCCCCCC(=O)OC[C@H]1O[C@@H](n2cnc3c(N(C)C)ncnc32)[C@H](O)[C@@H]1O. The molecule has 34 heavy (non-hydrogen) atoms. The Labute approximate surface area is 201 Å². The molecule has 0 spiro atoms. The number of carbonyl (C=O) groups excluding carboxylic acids is 1. The zero-order chi connectivity index (χ0) is 24.5. The lowest BCUT2D eigenvalue weighted by molar-refractivity contribution is -0.150. The number of ether oxygens (including phenoxy) is 2. The molecule has 0 aliphatic carbocycles. The van der Waals surface area contributed by atoms with Crippen LogP contribution in [0.3, 0.4) is 0 Å². The minimum absolute atomic E-state index is 0.116. The maximum absolute atomic E-state index is 12.1. The fourth-order valence-corrected chi connectivity index (χ4v) is 4.28. The van der Waals surface area contributed by atoms with Crippen molar-refractivity contribution in [2.24, 2.45) is 0 Å². The van der Waals surface area contributed by atoms with Crippen molar-refractivity contribution in [3.63, 3.8) is 0 Å². The lowest BCUT2D eigenvalue weighted by atomic mass is 10.1. The number of carbonyl (C=O) groups is 1. The van der Waals surface area contributed by atoms with Crippen molar-refractivity contribution in [2.45, 2.75) is 95.7 Å². The van der Waals surface area contributed by atoms with Gasteiger partial charge in [-0.3, -0.25) is 9.36 Å². The number of unbranched alkanes of at least 4 members (excludes halogenated alkanes) is 8. The van der Waals surface area contributed by atoms with Crippen LogP contribution in [0.4, 0.5) is 5.82 Å². The third-order valence-electron chi connectivity index (χ3n) is 6.27. The number of aliphatic hydroxyl groups excluding tert-OH is 2. The molecule has 2 aromatic rings. The van der Waals surface area contributed by atoms with E-state index >= 15 is 0 Å². The van der Waals surface area contributed by atoms with Crippen LogP contribution in [-0.4, -0.2) is 74.7 Å². The number of hydrogen-bond donors (Lipinski definition) is 2. The summed E-state index contributed by atoms with van der Waals surface area (Å²) in [5.74, 6) is 0.326. The van der Waals surface area contributed by atoms with Gasteiger partial charge in [-0.2, -0.15) is 0 Å². The van der Waals surface area contributed by atoms with Crippen LogP contribution in [-0.2, 0) is 14.3 Å². The standard InChI is InChI=1S/C24H39N5O5/c1-4-5-6-7-8-9-10-11-12-13-18(30)33-14-17-20(31)21(32)24(34-17)29-16-27-19-22(28(2)3)25-15-26-23(19)29/h15-17,20-21,24,31-32H,4-14H2,1-3H3/t17-,20-,21-,24-/m1/s1. The van der Waals surface area contributed by atoms with E-state index in [0.717, 1.165) is 19.3 Å². The topological polar surface area (TPSA) is 123 Å². The van der Waals surface area contributed by atoms with Gasteiger partial charge in [-0.25, -0.2) is 15.0 Å². The second kappa shape index (κ2) is 13.0. The number of imidazole rings is 1. The van der Waals surface area contributed by atoms with Crippen LogP contribution in [0.25, 0.3) is 11.2 Å². The highest BCUT2D eigenvalue weighted by Gasteiger charge is 2.45. The van der Waals surface area contributed by atoms with E-state index in [0.29, 0.717) is 23.4 Å². The first-order valence-electron chi connectivity index (χ1n) is 12.5. The predicted octanol–water partition coefficient (Wildman–Crippen LogP) is 2.98. The summed E-state index contributed by atoms with van der Waals surface area (Å²) >= 11 is 0. The summed E-state index contributed by atoms with van der Waals surface area (Å²) in [6.45, 7) is 2.10. The van der Waals surface area contributed by atoms with Gasteiger partial charge in [0, 0.05) is 20.5 Å². The molecule has 3 rings (SSSR count). The van der Waals surface area contributed by atoms with Crippen molar-refractivity contribution in [3.05, 3.63) is 12.7 Å². The van der Waals surface area contributed by atoms with Gasteiger partial charge in [-0.05, 0) is 6.42 Å². The summed E-state index contributed by atoms with van der Waals surface area (Å²) in [6.07, 6.45) is 9.73. The number of esters is 1. The molecule has 3 heterocycles. The normalized spacial score (nSPS) is 22.4. The maximum Gasteiger partial charge on any atom is 0.305 e. The average molecular weight is 478 g/mol. The van der Waals surface area contributed by atoms with Gasteiger partial charge in [0.25, 0.3) is 0 Å². The fraction of sp³-hybridized carbons (Fsp3) is 0.750. The summed E-state index contributed by atoms with van der Waals surface area (Å²) in [5, 5.41) is 21.0. The van der Waals surface area contributed by atoms with Gasteiger partial charge in [0.15, 0.2) is 23.2 Å². The Kier molecular flexibility index (Phi) is 10.0. The van der Waals surface area contributed by atoms with E-state index in [1.807, 2.05) is 19.0 Å². The van der Waals surface area contributed by atoms with Crippen LogP contribution in [0.2, 0.25) is 0 Å². The van der Waals surface area contributed by atoms with Crippen molar-refractivity contribution in [2.75, 3.05) is 25.6 Å². The Bertz CT molecular complexity index is 905. The molecule has 1 fully saturated rings.